The Balaban J connectivity index is 1.55. The molecule has 0 aliphatic rings. The van der Waals surface area contributed by atoms with Gasteiger partial charge in [0.1, 0.15) is 30.5 Å². The molecule has 144 valence electrons. The Bertz CT molecular complexity index is 957. The number of benzene rings is 2. The SMILES string of the molecule is CC(NC(=O)c1ccoc1)C(=O)Nc1cccc(COc2cccc(F)c2)c1. The van der Waals surface area contributed by atoms with Crippen molar-refractivity contribution in [2.24, 2.45) is 0 Å². The van der Waals surface area contributed by atoms with E-state index < -0.39 is 11.9 Å². The van der Waals surface area contributed by atoms with Crippen molar-refractivity contribution in [2.75, 3.05) is 5.32 Å². The molecule has 0 aliphatic heterocycles. The van der Waals surface area contributed by atoms with Crippen molar-refractivity contribution >= 4 is 17.5 Å². The van der Waals surface area contributed by atoms with Crippen LogP contribution < -0.4 is 15.4 Å². The van der Waals surface area contributed by atoms with Crippen molar-refractivity contribution in [1.82, 2.24) is 5.32 Å². The van der Waals surface area contributed by atoms with Gasteiger partial charge in [0.2, 0.25) is 5.91 Å². The molecule has 1 unspecified atom stereocenters. The van der Waals surface area contributed by atoms with Crippen LogP contribution in [-0.2, 0) is 11.4 Å². The first kappa shape index (κ1) is 19.2. The molecule has 3 aromatic rings. The van der Waals surface area contributed by atoms with Crippen molar-refractivity contribution in [3.8, 4) is 5.75 Å². The molecule has 0 saturated carbocycles. The molecular formula is C21H19FN2O4. The van der Waals surface area contributed by atoms with Crippen LogP contribution in [0.4, 0.5) is 10.1 Å². The Morgan fingerprint density at radius 2 is 1.96 bits per heavy atom. The van der Waals surface area contributed by atoms with Crippen LogP contribution in [0.15, 0.2) is 71.5 Å². The summed E-state index contributed by atoms with van der Waals surface area (Å²) < 4.78 is 23.6. The van der Waals surface area contributed by atoms with E-state index in [1.165, 1.54) is 30.7 Å². The number of carbonyl (C=O) groups excluding carboxylic acids is 2. The summed E-state index contributed by atoms with van der Waals surface area (Å²) in [6.07, 6.45) is 2.69. The zero-order chi connectivity index (χ0) is 19.9. The van der Waals surface area contributed by atoms with Crippen LogP contribution >= 0.6 is 0 Å². The van der Waals surface area contributed by atoms with Crippen LogP contribution in [0.5, 0.6) is 5.75 Å². The van der Waals surface area contributed by atoms with Crippen molar-refractivity contribution in [1.29, 1.82) is 0 Å². The van der Waals surface area contributed by atoms with Crippen LogP contribution in [0, 0.1) is 5.82 Å². The lowest BCUT2D eigenvalue weighted by atomic mass is 10.2. The van der Waals surface area contributed by atoms with Gasteiger partial charge in [-0.1, -0.05) is 18.2 Å². The van der Waals surface area contributed by atoms with Crippen molar-refractivity contribution in [3.63, 3.8) is 0 Å². The summed E-state index contributed by atoms with van der Waals surface area (Å²) in [4.78, 5) is 24.3. The van der Waals surface area contributed by atoms with Gasteiger partial charge < -0.3 is 19.8 Å². The Morgan fingerprint density at radius 3 is 2.71 bits per heavy atom. The monoisotopic (exact) mass is 382 g/mol. The van der Waals surface area contributed by atoms with Gasteiger partial charge in [-0.25, -0.2) is 4.39 Å². The first-order valence-electron chi connectivity index (χ1n) is 8.62. The average Bonchev–Trinajstić information content (AvgIpc) is 3.22. The second-order valence-electron chi connectivity index (χ2n) is 6.14. The highest BCUT2D eigenvalue weighted by atomic mass is 19.1. The molecule has 0 aliphatic carbocycles. The van der Waals surface area contributed by atoms with Crippen LogP contribution in [0.3, 0.4) is 0 Å². The van der Waals surface area contributed by atoms with E-state index in [2.05, 4.69) is 10.6 Å². The van der Waals surface area contributed by atoms with E-state index in [1.54, 1.807) is 37.3 Å². The number of hydrogen-bond donors (Lipinski definition) is 2. The van der Waals surface area contributed by atoms with Gasteiger partial charge in [0, 0.05) is 11.8 Å². The number of anilines is 1. The van der Waals surface area contributed by atoms with Gasteiger partial charge in [-0.2, -0.15) is 0 Å². The smallest absolute Gasteiger partial charge is 0.255 e. The summed E-state index contributed by atoms with van der Waals surface area (Å²) in [5.74, 6) is -0.705. The number of nitrogens with one attached hydrogen (secondary N) is 2. The minimum atomic E-state index is -0.741. The van der Waals surface area contributed by atoms with Gasteiger partial charge in [0.25, 0.3) is 5.91 Å². The molecule has 2 aromatic carbocycles. The number of ether oxygens (including phenoxy) is 1. The lowest BCUT2D eigenvalue weighted by Crippen LogP contribution is -2.41. The summed E-state index contributed by atoms with van der Waals surface area (Å²) in [5.41, 5.74) is 1.71. The average molecular weight is 382 g/mol. The third kappa shape index (κ3) is 5.20. The van der Waals surface area contributed by atoms with Crippen LogP contribution in [0.25, 0.3) is 0 Å². The van der Waals surface area contributed by atoms with Crippen LogP contribution in [0.2, 0.25) is 0 Å². The summed E-state index contributed by atoms with van der Waals surface area (Å²) in [7, 11) is 0. The molecule has 0 fully saturated rings. The molecule has 0 spiro atoms. The van der Waals surface area contributed by atoms with Crippen molar-refractivity contribution in [2.45, 2.75) is 19.6 Å². The largest absolute Gasteiger partial charge is 0.489 e. The Kier molecular flexibility index (Phi) is 6.06. The predicted octanol–water partition coefficient (Wildman–Crippen LogP) is 3.75. The Labute approximate surface area is 161 Å². The molecule has 0 saturated heterocycles. The van der Waals surface area contributed by atoms with Crippen LogP contribution in [0.1, 0.15) is 22.8 Å². The molecule has 6 nitrogen and oxygen atoms in total. The van der Waals surface area contributed by atoms with Crippen molar-refractivity contribution in [3.05, 3.63) is 84.1 Å². The van der Waals surface area contributed by atoms with Crippen molar-refractivity contribution < 1.29 is 23.1 Å². The number of carbonyl (C=O) groups is 2. The van der Waals surface area contributed by atoms with E-state index in [1.807, 2.05) is 6.07 Å². The molecule has 2 amide bonds. The van der Waals surface area contributed by atoms with Gasteiger partial charge in [-0.15, -0.1) is 0 Å². The zero-order valence-electron chi connectivity index (χ0n) is 15.1. The number of halogens is 1. The maximum absolute atomic E-state index is 13.2. The Morgan fingerprint density at radius 1 is 1.14 bits per heavy atom. The maximum Gasteiger partial charge on any atom is 0.255 e. The summed E-state index contributed by atoms with van der Waals surface area (Å²) in [6.45, 7) is 1.81. The third-order valence-corrected chi connectivity index (χ3v) is 3.92. The second-order valence-corrected chi connectivity index (χ2v) is 6.14. The number of hydrogen-bond acceptors (Lipinski definition) is 4. The highest BCUT2D eigenvalue weighted by Gasteiger charge is 2.17. The third-order valence-electron chi connectivity index (χ3n) is 3.92. The lowest BCUT2D eigenvalue weighted by molar-refractivity contribution is -0.117. The van der Waals surface area contributed by atoms with Gasteiger partial charge in [0.15, 0.2) is 0 Å². The molecule has 2 N–H and O–H groups in total. The molecule has 0 radical (unpaired) electrons. The van der Waals surface area contributed by atoms with E-state index in [9.17, 15) is 14.0 Å². The van der Waals surface area contributed by atoms with E-state index >= 15 is 0 Å². The summed E-state index contributed by atoms with van der Waals surface area (Å²) >= 11 is 0. The fourth-order valence-corrected chi connectivity index (χ4v) is 2.45. The molecule has 0 bridgehead atoms. The van der Waals surface area contributed by atoms with Gasteiger partial charge in [0.05, 0.1) is 11.8 Å². The van der Waals surface area contributed by atoms with E-state index in [0.29, 0.717) is 17.0 Å². The van der Waals surface area contributed by atoms with E-state index in [0.717, 1.165) is 5.56 Å². The molecule has 7 heteroatoms. The standard InChI is InChI=1S/C21H19FN2O4/c1-14(23-21(26)16-8-9-27-13-16)20(25)24-18-6-2-4-15(10-18)12-28-19-7-3-5-17(22)11-19/h2-11,13-14H,12H2,1H3,(H,23,26)(H,24,25). The van der Waals surface area contributed by atoms with Gasteiger partial charge >= 0.3 is 0 Å². The Hall–Kier alpha value is -3.61. The minimum Gasteiger partial charge on any atom is -0.489 e. The normalized spacial score (nSPS) is 11.5. The molecule has 1 atom stereocenters. The topological polar surface area (TPSA) is 80.6 Å². The first-order chi connectivity index (χ1) is 13.5. The fourth-order valence-electron chi connectivity index (χ4n) is 2.45. The quantitative estimate of drug-likeness (QED) is 0.652. The zero-order valence-corrected chi connectivity index (χ0v) is 15.1. The van der Waals surface area contributed by atoms with E-state index in [-0.39, 0.29) is 18.3 Å². The lowest BCUT2D eigenvalue weighted by Gasteiger charge is -2.14. The molecular weight excluding hydrogens is 363 g/mol. The number of amides is 2. The summed E-state index contributed by atoms with van der Waals surface area (Å²) in [5, 5.41) is 5.35. The maximum atomic E-state index is 13.2. The molecule has 1 aromatic heterocycles. The highest BCUT2D eigenvalue weighted by Crippen LogP contribution is 2.16. The van der Waals surface area contributed by atoms with Crippen LogP contribution in [-0.4, -0.2) is 17.9 Å². The van der Waals surface area contributed by atoms with Gasteiger partial charge in [-0.05, 0) is 42.8 Å². The minimum absolute atomic E-state index is 0.222. The molecule has 3 rings (SSSR count). The number of furan rings is 1. The van der Waals surface area contributed by atoms with Gasteiger partial charge in [-0.3, -0.25) is 9.59 Å². The summed E-state index contributed by atoms with van der Waals surface area (Å²) in [6, 6.07) is 13.7. The molecule has 28 heavy (non-hydrogen) atoms. The highest BCUT2D eigenvalue weighted by molar-refractivity contribution is 6.00. The molecule has 1 heterocycles. The number of rotatable bonds is 7. The fraction of sp³-hybridized carbons (Fsp3) is 0.143. The second kappa shape index (κ2) is 8.85. The van der Waals surface area contributed by atoms with E-state index in [4.69, 9.17) is 9.15 Å². The predicted molar refractivity (Wildman–Crippen MR) is 101 cm³/mol. The first-order valence-corrected chi connectivity index (χ1v) is 8.62.